The molecule has 4 amide bonds. The molecular formula is C36H52N4O6. The molecule has 1 fully saturated rings. The number of ether oxygens (including phenoxy) is 2. The number of rotatable bonds is 7. The number of urea groups is 1. The standard InChI is InChI=1S/C36H52N4O6/c1-25-22-40(26(2)24-41)35(43)31-21-30(37-34(42)28-14-7-5-8-15-28)18-19-32(31)46-27(3)13-11-12-20-45-33(25)23-39(4)36(44)38-29-16-9-6-10-17-29/h6,9-10,16-19,21,25-28,33,41H,5,7-8,11-15,20,22-24H2,1-4H3,(H,37,42)(H,38,44)/t25-,26+,27-,33+/m1/s1. The quantitative estimate of drug-likeness (QED) is 0.335. The molecule has 0 unspecified atom stereocenters. The first-order valence-electron chi connectivity index (χ1n) is 16.9. The Morgan fingerprint density at radius 3 is 2.41 bits per heavy atom. The SMILES string of the molecule is C[C@@H]1CCCCO[C@@H](CN(C)C(=O)Nc2ccccc2)[C@H](C)CN([C@@H](C)CO)C(=O)c2cc(NC(=O)C3CCCCC3)ccc2O1. The Morgan fingerprint density at radius 1 is 0.978 bits per heavy atom. The second-order valence-corrected chi connectivity index (χ2v) is 13.0. The van der Waals surface area contributed by atoms with Gasteiger partial charge in [-0.1, -0.05) is 44.4 Å². The fourth-order valence-electron chi connectivity index (χ4n) is 6.17. The lowest BCUT2D eigenvalue weighted by atomic mass is 9.88. The summed E-state index contributed by atoms with van der Waals surface area (Å²) in [6.07, 6.45) is 6.98. The summed E-state index contributed by atoms with van der Waals surface area (Å²) in [6, 6.07) is 13.8. The van der Waals surface area contributed by atoms with Crippen molar-refractivity contribution >= 4 is 29.2 Å². The molecule has 2 aromatic carbocycles. The smallest absolute Gasteiger partial charge is 0.321 e. The zero-order valence-electron chi connectivity index (χ0n) is 27.9. The van der Waals surface area contributed by atoms with Crippen LogP contribution in [-0.4, -0.2) is 84.4 Å². The molecular weight excluding hydrogens is 584 g/mol. The Balaban J connectivity index is 1.58. The van der Waals surface area contributed by atoms with E-state index in [1.807, 2.05) is 44.2 Å². The Bertz CT molecular complexity index is 1280. The molecule has 0 saturated heterocycles. The minimum absolute atomic E-state index is 0.0168. The molecule has 1 saturated carbocycles. The van der Waals surface area contributed by atoms with Crippen molar-refractivity contribution in [3.8, 4) is 5.75 Å². The van der Waals surface area contributed by atoms with Gasteiger partial charge in [-0.2, -0.15) is 0 Å². The van der Waals surface area contributed by atoms with Gasteiger partial charge >= 0.3 is 6.03 Å². The molecule has 0 bridgehead atoms. The summed E-state index contributed by atoms with van der Waals surface area (Å²) in [5.41, 5.74) is 1.60. The number of carbonyl (C=O) groups is 3. The lowest BCUT2D eigenvalue weighted by Gasteiger charge is -2.35. The largest absolute Gasteiger partial charge is 0.490 e. The van der Waals surface area contributed by atoms with Crippen molar-refractivity contribution in [1.82, 2.24) is 9.80 Å². The number of nitrogens with zero attached hydrogens (tertiary/aromatic N) is 2. The van der Waals surface area contributed by atoms with Crippen LogP contribution < -0.4 is 15.4 Å². The van der Waals surface area contributed by atoms with Crippen LogP contribution in [0.4, 0.5) is 16.2 Å². The van der Waals surface area contributed by atoms with E-state index in [-0.39, 0.29) is 55.0 Å². The van der Waals surface area contributed by atoms with E-state index in [1.54, 1.807) is 42.0 Å². The van der Waals surface area contributed by atoms with Crippen LogP contribution in [0.1, 0.15) is 82.5 Å². The minimum Gasteiger partial charge on any atom is -0.490 e. The van der Waals surface area contributed by atoms with E-state index >= 15 is 0 Å². The summed E-state index contributed by atoms with van der Waals surface area (Å²) in [5, 5.41) is 16.2. The highest BCUT2D eigenvalue weighted by molar-refractivity contribution is 6.00. The van der Waals surface area contributed by atoms with Crippen molar-refractivity contribution in [2.24, 2.45) is 11.8 Å². The number of likely N-dealkylation sites (N-methyl/N-ethyl adjacent to an activating group) is 1. The number of hydrogen-bond donors (Lipinski definition) is 3. The predicted molar refractivity (Wildman–Crippen MR) is 180 cm³/mol. The zero-order valence-corrected chi connectivity index (χ0v) is 27.9. The normalized spacial score (nSPS) is 22.5. The molecule has 1 heterocycles. The van der Waals surface area contributed by atoms with Crippen LogP contribution in [-0.2, 0) is 9.53 Å². The number of aliphatic hydroxyl groups is 1. The van der Waals surface area contributed by atoms with E-state index in [4.69, 9.17) is 9.47 Å². The monoisotopic (exact) mass is 636 g/mol. The molecule has 0 spiro atoms. The highest BCUT2D eigenvalue weighted by atomic mass is 16.5. The van der Waals surface area contributed by atoms with Crippen molar-refractivity contribution in [2.45, 2.75) is 90.4 Å². The van der Waals surface area contributed by atoms with Crippen LogP contribution in [0, 0.1) is 11.8 Å². The number of hydrogen-bond acceptors (Lipinski definition) is 6. The third-order valence-corrected chi connectivity index (χ3v) is 9.12. The summed E-state index contributed by atoms with van der Waals surface area (Å²) in [4.78, 5) is 43.7. The second-order valence-electron chi connectivity index (χ2n) is 13.0. The van der Waals surface area contributed by atoms with Gasteiger partial charge in [-0.25, -0.2) is 4.79 Å². The topological polar surface area (TPSA) is 120 Å². The van der Waals surface area contributed by atoms with Crippen LogP contribution in [0.25, 0.3) is 0 Å². The van der Waals surface area contributed by atoms with Crippen molar-refractivity contribution in [3.63, 3.8) is 0 Å². The van der Waals surface area contributed by atoms with Crippen molar-refractivity contribution in [3.05, 3.63) is 54.1 Å². The van der Waals surface area contributed by atoms with Crippen molar-refractivity contribution in [1.29, 1.82) is 0 Å². The molecule has 2 aromatic rings. The van der Waals surface area contributed by atoms with Gasteiger partial charge in [0, 0.05) is 50.0 Å². The lowest BCUT2D eigenvalue weighted by molar-refractivity contribution is -0.120. The number of para-hydroxylation sites is 1. The van der Waals surface area contributed by atoms with Gasteiger partial charge in [0.15, 0.2) is 0 Å². The van der Waals surface area contributed by atoms with Crippen LogP contribution in [0.2, 0.25) is 0 Å². The molecule has 46 heavy (non-hydrogen) atoms. The molecule has 252 valence electrons. The third-order valence-electron chi connectivity index (χ3n) is 9.12. The van der Waals surface area contributed by atoms with Crippen LogP contribution >= 0.6 is 0 Å². The number of fused-ring (bicyclic) bond motifs is 1. The van der Waals surface area contributed by atoms with Gasteiger partial charge in [0.25, 0.3) is 5.91 Å². The number of benzene rings is 2. The van der Waals surface area contributed by atoms with Crippen LogP contribution in [0.3, 0.4) is 0 Å². The van der Waals surface area contributed by atoms with E-state index in [1.165, 1.54) is 0 Å². The Labute approximate surface area is 273 Å². The van der Waals surface area contributed by atoms with Gasteiger partial charge in [-0.3, -0.25) is 9.59 Å². The third kappa shape index (κ3) is 9.93. The Hall–Kier alpha value is -3.63. The maximum atomic E-state index is 14.3. The number of nitrogens with one attached hydrogen (secondary N) is 2. The van der Waals surface area contributed by atoms with E-state index in [0.717, 1.165) is 51.4 Å². The lowest BCUT2D eigenvalue weighted by Crippen LogP contribution is -2.48. The van der Waals surface area contributed by atoms with E-state index < -0.39 is 6.04 Å². The number of aliphatic hydroxyl groups excluding tert-OH is 1. The fraction of sp³-hybridized carbons (Fsp3) is 0.583. The van der Waals surface area contributed by atoms with E-state index in [9.17, 15) is 19.5 Å². The zero-order chi connectivity index (χ0) is 33.1. The highest BCUT2D eigenvalue weighted by Crippen LogP contribution is 2.30. The summed E-state index contributed by atoms with van der Waals surface area (Å²) >= 11 is 0. The molecule has 4 rings (SSSR count). The van der Waals surface area contributed by atoms with Gasteiger partial charge in [0.05, 0.1) is 30.4 Å². The number of anilines is 2. The first-order chi connectivity index (χ1) is 22.2. The Kier molecular flexibility index (Phi) is 13.3. The van der Waals surface area contributed by atoms with Gasteiger partial charge in [0.2, 0.25) is 5.91 Å². The molecule has 1 aliphatic carbocycles. The average molecular weight is 637 g/mol. The van der Waals surface area contributed by atoms with Gasteiger partial charge in [0.1, 0.15) is 5.75 Å². The maximum absolute atomic E-state index is 14.3. The fourth-order valence-corrected chi connectivity index (χ4v) is 6.17. The predicted octanol–water partition coefficient (Wildman–Crippen LogP) is 6.16. The molecule has 1 aliphatic heterocycles. The Morgan fingerprint density at radius 2 is 1.70 bits per heavy atom. The van der Waals surface area contributed by atoms with Crippen molar-refractivity contribution < 1.29 is 29.0 Å². The molecule has 10 heteroatoms. The average Bonchev–Trinajstić information content (AvgIpc) is 3.06. The van der Waals surface area contributed by atoms with Gasteiger partial charge in [-0.15, -0.1) is 0 Å². The molecule has 4 atom stereocenters. The second kappa shape index (κ2) is 17.3. The van der Waals surface area contributed by atoms with Gasteiger partial charge in [-0.05, 0) is 76.3 Å². The summed E-state index contributed by atoms with van der Waals surface area (Å²) in [5.74, 6) is -0.0540. The maximum Gasteiger partial charge on any atom is 0.321 e. The van der Waals surface area contributed by atoms with Crippen LogP contribution in [0.15, 0.2) is 48.5 Å². The number of amides is 4. The summed E-state index contributed by atoms with van der Waals surface area (Å²) in [7, 11) is 1.73. The first kappa shape index (κ1) is 35.2. The van der Waals surface area contributed by atoms with E-state index in [2.05, 4.69) is 10.6 Å². The van der Waals surface area contributed by atoms with Gasteiger partial charge < -0.3 is 35.0 Å². The summed E-state index contributed by atoms with van der Waals surface area (Å²) < 4.78 is 12.7. The molecule has 0 aromatic heterocycles. The van der Waals surface area contributed by atoms with E-state index in [0.29, 0.717) is 35.8 Å². The molecule has 3 N–H and O–H groups in total. The minimum atomic E-state index is -0.492. The number of carbonyl (C=O) groups excluding carboxylic acids is 3. The first-order valence-corrected chi connectivity index (χ1v) is 16.9. The van der Waals surface area contributed by atoms with Crippen molar-refractivity contribution in [2.75, 3.05) is 44.0 Å². The highest BCUT2D eigenvalue weighted by Gasteiger charge is 2.31. The summed E-state index contributed by atoms with van der Waals surface area (Å²) in [6.45, 7) is 6.69. The molecule has 2 aliphatic rings. The van der Waals surface area contributed by atoms with Crippen LogP contribution in [0.5, 0.6) is 5.75 Å². The molecule has 0 radical (unpaired) electrons. The molecule has 10 nitrogen and oxygen atoms in total.